The first kappa shape index (κ1) is 49.1. The molecule has 0 saturated heterocycles. The number of nitro benzene ring substituents is 2. The molecule has 0 aliphatic rings. The third kappa shape index (κ3) is 15.1. The molecule has 0 fully saturated rings. The Kier molecular flexibility index (Phi) is 18.8. The standard InChI is InChI=1S/C21H16N4O4S.C14H12ClNO2.C7H5N3O2S.Na.H2O/c26-20(13-30-21-23-18-11-8-15(25(27)28)12-19(18)24-21)22-14-6-9-17(10-7-14)29-16-4-2-1-3-5-16;15-10-14(17)16-11-6-8-13(9-7-11)18-12-4-2-1-3-5-12;11-10(12)4-1-2-5-6(3-4)9-7(13)8-5;;/h1-12H,13H2,(H,22,26)(H,23,24);1-9H,10H2,(H,16,17);1-3H,(H2,8,9,13);;1H2/q;;;+1;/p-1. The van der Waals surface area contributed by atoms with Gasteiger partial charge in [-0.1, -0.05) is 48.2 Å². The van der Waals surface area contributed by atoms with Crippen LogP contribution >= 0.6 is 35.6 Å². The Balaban J connectivity index is 0.000000225. The fourth-order valence-corrected chi connectivity index (χ4v) is 6.25. The SMILES string of the molecule is O=C(CCl)Nc1ccc(Oc2ccccc2)cc1.O=C(CSc1nc2ccc([N+](=O)[O-])cc2[nH]1)Nc1ccc(Oc2ccccc2)cc1.O=[N+]([O-])c1ccc2[nH]c(=S)[nH]c2c1.[Na+].[OH-]. The van der Waals surface area contributed by atoms with Crippen molar-refractivity contribution in [1.82, 2.24) is 19.9 Å². The van der Waals surface area contributed by atoms with E-state index in [0.717, 1.165) is 17.0 Å². The maximum absolute atomic E-state index is 12.2. The van der Waals surface area contributed by atoms with Gasteiger partial charge < -0.3 is 40.5 Å². The minimum Gasteiger partial charge on any atom is -0.870 e. The van der Waals surface area contributed by atoms with Crippen molar-refractivity contribution in [3.05, 3.63) is 171 Å². The molecule has 2 amide bonds. The van der Waals surface area contributed by atoms with E-state index in [1.165, 1.54) is 36.0 Å². The number of thioether (sulfide) groups is 1. The number of hydrogen-bond acceptors (Lipinski definition) is 12. The van der Waals surface area contributed by atoms with Gasteiger partial charge in [0.15, 0.2) is 9.93 Å². The number of halogens is 1. The summed E-state index contributed by atoms with van der Waals surface area (Å²) in [5.41, 5.74) is 3.98. The van der Waals surface area contributed by atoms with Crippen LogP contribution in [0.3, 0.4) is 0 Å². The summed E-state index contributed by atoms with van der Waals surface area (Å²) >= 11 is 11.5. The van der Waals surface area contributed by atoms with Gasteiger partial charge in [0.2, 0.25) is 11.8 Å². The molecule has 0 bridgehead atoms. The number of fused-ring (bicyclic) bond motifs is 2. The van der Waals surface area contributed by atoms with Crippen molar-refractivity contribution in [1.29, 1.82) is 0 Å². The van der Waals surface area contributed by atoms with Crippen molar-refractivity contribution in [2.45, 2.75) is 5.16 Å². The maximum atomic E-state index is 12.2. The second-order valence-corrected chi connectivity index (χ2v) is 14.1. The number of nitrogens with zero attached hydrogens (tertiary/aromatic N) is 3. The normalized spacial score (nSPS) is 10.0. The fourth-order valence-electron chi connectivity index (χ4n) is 5.28. The van der Waals surface area contributed by atoms with Gasteiger partial charge in [-0.25, -0.2) is 4.98 Å². The van der Waals surface area contributed by atoms with Crippen molar-refractivity contribution in [3.8, 4) is 23.0 Å². The summed E-state index contributed by atoms with van der Waals surface area (Å²) in [6.07, 6.45) is 0. The number of rotatable bonds is 12. The van der Waals surface area contributed by atoms with Crippen LogP contribution in [0.4, 0.5) is 22.7 Å². The van der Waals surface area contributed by atoms with E-state index >= 15 is 0 Å². The van der Waals surface area contributed by atoms with Gasteiger partial charge in [0, 0.05) is 35.6 Å². The minimum atomic E-state index is -0.462. The van der Waals surface area contributed by atoms with E-state index in [2.05, 4.69) is 30.6 Å². The minimum absolute atomic E-state index is 0. The van der Waals surface area contributed by atoms with E-state index in [9.17, 15) is 29.8 Å². The van der Waals surface area contributed by atoms with E-state index in [0.29, 0.717) is 49.4 Å². The topological polar surface area (TPSA) is 253 Å². The van der Waals surface area contributed by atoms with Gasteiger partial charge in [0.25, 0.3) is 11.4 Å². The number of H-pyrrole nitrogens is 3. The number of alkyl halides is 1. The number of amides is 2. The summed E-state index contributed by atoms with van der Waals surface area (Å²) < 4.78 is 11.8. The molecular weight excluding hydrogens is 883 g/mol. The van der Waals surface area contributed by atoms with Crippen LogP contribution in [0.15, 0.2) is 151 Å². The van der Waals surface area contributed by atoms with Gasteiger partial charge in [0.1, 0.15) is 28.9 Å². The van der Waals surface area contributed by atoms with Crippen molar-refractivity contribution < 1.29 is 63.9 Å². The summed E-state index contributed by atoms with van der Waals surface area (Å²) in [6.45, 7) is 0. The first-order chi connectivity index (χ1) is 29.5. The summed E-state index contributed by atoms with van der Waals surface area (Å²) in [5.74, 6) is 2.57. The number of aromatic nitrogens is 4. The van der Waals surface area contributed by atoms with Crippen LogP contribution in [0.1, 0.15) is 0 Å². The second-order valence-electron chi connectivity index (χ2n) is 12.5. The number of carbonyl (C=O) groups is 2. The molecule has 0 unspecified atom stereocenters. The van der Waals surface area contributed by atoms with Gasteiger partial charge in [-0.15, -0.1) is 11.6 Å². The van der Waals surface area contributed by atoms with E-state index in [1.807, 2.05) is 60.7 Å². The van der Waals surface area contributed by atoms with E-state index < -0.39 is 9.85 Å². The molecule has 0 saturated carbocycles. The monoisotopic (exact) mass is 916 g/mol. The molecule has 0 atom stereocenters. The van der Waals surface area contributed by atoms with Crippen molar-refractivity contribution in [2.75, 3.05) is 22.3 Å². The fraction of sp³-hybridized carbons (Fsp3) is 0.0476. The smallest absolute Gasteiger partial charge is 0.870 e. The van der Waals surface area contributed by atoms with Crippen molar-refractivity contribution >= 4 is 92.2 Å². The Morgan fingerprint density at radius 3 is 1.60 bits per heavy atom. The number of hydrogen-bond donors (Lipinski definition) is 5. The number of nitrogens with one attached hydrogen (secondary N) is 5. The van der Waals surface area contributed by atoms with Crippen LogP contribution in [-0.4, -0.2) is 58.7 Å². The van der Waals surface area contributed by atoms with E-state index in [1.54, 1.807) is 60.7 Å². The Labute approximate surface area is 394 Å². The molecule has 2 heterocycles. The van der Waals surface area contributed by atoms with Crippen LogP contribution in [0.5, 0.6) is 23.0 Å². The predicted molar refractivity (Wildman–Crippen MR) is 239 cm³/mol. The Hall–Kier alpha value is -6.58. The number of nitro groups is 2. The molecule has 0 spiro atoms. The molecule has 0 aliphatic carbocycles. The largest absolute Gasteiger partial charge is 1.00 e. The quantitative estimate of drug-likeness (QED) is 0.0198. The maximum Gasteiger partial charge on any atom is 1.00 e. The van der Waals surface area contributed by atoms with Crippen LogP contribution in [0.25, 0.3) is 22.1 Å². The van der Waals surface area contributed by atoms with Gasteiger partial charge in [-0.2, -0.15) is 0 Å². The van der Waals surface area contributed by atoms with Gasteiger partial charge in [-0.05, 0) is 97.1 Å². The van der Waals surface area contributed by atoms with E-state index in [4.69, 9.17) is 33.3 Å². The average Bonchev–Trinajstić information content (AvgIpc) is 3.87. The van der Waals surface area contributed by atoms with Crippen LogP contribution in [-0.2, 0) is 9.59 Å². The number of benzene rings is 6. The Morgan fingerprint density at radius 1 is 0.635 bits per heavy atom. The number of para-hydroxylation sites is 2. The number of non-ortho nitro benzene ring substituents is 2. The van der Waals surface area contributed by atoms with Gasteiger partial charge >= 0.3 is 29.6 Å². The first-order valence-electron chi connectivity index (χ1n) is 18.0. The summed E-state index contributed by atoms with van der Waals surface area (Å²) in [5, 5.41) is 27.3. The van der Waals surface area contributed by atoms with E-state index in [-0.39, 0.29) is 69.9 Å². The molecule has 8 rings (SSSR count). The number of carbonyl (C=O) groups excluding carboxylic acids is 2. The van der Waals surface area contributed by atoms with Gasteiger partial charge in [-0.3, -0.25) is 29.8 Å². The molecule has 21 heteroatoms. The zero-order valence-corrected chi connectivity index (χ0v) is 37.4. The van der Waals surface area contributed by atoms with Crippen LogP contribution < -0.4 is 49.7 Å². The molecule has 17 nitrogen and oxygen atoms in total. The molecule has 6 N–H and O–H groups in total. The second kappa shape index (κ2) is 24.2. The zero-order chi connectivity index (χ0) is 43.1. The van der Waals surface area contributed by atoms with Crippen molar-refractivity contribution in [2.24, 2.45) is 0 Å². The Bertz CT molecular complexity index is 2830. The predicted octanol–water partition coefficient (Wildman–Crippen LogP) is 7.61. The molecule has 0 aliphatic heterocycles. The first-order valence-corrected chi connectivity index (χ1v) is 19.9. The molecule has 6 aromatic carbocycles. The Morgan fingerprint density at radius 2 is 1.10 bits per heavy atom. The molecule has 0 radical (unpaired) electrons. The summed E-state index contributed by atoms with van der Waals surface area (Å²) in [4.78, 5) is 56.7. The third-order valence-electron chi connectivity index (χ3n) is 8.06. The van der Waals surface area contributed by atoms with Crippen LogP contribution in [0.2, 0.25) is 0 Å². The molecule has 63 heavy (non-hydrogen) atoms. The number of imidazole rings is 2. The average molecular weight is 917 g/mol. The zero-order valence-electron chi connectivity index (χ0n) is 33.0. The summed E-state index contributed by atoms with van der Waals surface area (Å²) in [6, 6.07) is 42.0. The molecule has 316 valence electrons. The molecule has 2 aromatic heterocycles. The van der Waals surface area contributed by atoms with Crippen molar-refractivity contribution in [3.63, 3.8) is 0 Å². The molecule has 8 aromatic rings. The van der Waals surface area contributed by atoms with Gasteiger partial charge in [0.05, 0.1) is 37.7 Å². The number of anilines is 2. The summed E-state index contributed by atoms with van der Waals surface area (Å²) in [7, 11) is 0. The molecular formula is C42H34ClN8NaO9S2. The number of ether oxygens (including phenoxy) is 2. The third-order valence-corrected chi connectivity index (χ3v) is 9.38. The number of aromatic amines is 3. The van der Waals surface area contributed by atoms with Crippen LogP contribution in [0, 0.1) is 25.0 Å².